The zero-order valence-electron chi connectivity index (χ0n) is 11.4. The molecule has 0 spiro atoms. The van der Waals surface area contributed by atoms with Gasteiger partial charge >= 0.3 is 5.97 Å². The number of carbonyl (C=O) groups excluding carboxylic acids is 1. The van der Waals surface area contributed by atoms with Gasteiger partial charge in [0.25, 0.3) is 0 Å². The molecule has 0 aliphatic heterocycles. The standard InChI is InChI=1S/C11H17N5O3S/c1-11(2,5-9(18)19)12-8(17)6-20-10-13-14-15-16(10)7-3-4-7/h7H,3-6H2,1-2H3,(H,12,17)(H,18,19). The minimum absolute atomic E-state index is 0.122. The molecule has 1 saturated carbocycles. The Balaban J connectivity index is 1.82. The van der Waals surface area contributed by atoms with Crippen molar-refractivity contribution in [1.29, 1.82) is 0 Å². The summed E-state index contributed by atoms with van der Waals surface area (Å²) >= 11 is 1.26. The Morgan fingerprint density at radius 1 is 1.50 bits per heavy atom. The maximum atomic E-state index is 11.8. The lowest BCUT2D eigenvalue weighted by Crippen LogP contribution is -2.45. The Labute approximate surface area is 120 Å². The summed E-state index contributed by atoms with van der Waals surface area (Å²) in [4.78, 5) is 22.5. The summed E-state index contributed by atoms with van der Waals surface area (Å²) in [5, 5.41) is 23.5. The van der Waals surface area contributed by atoms with Gasteiger partial charge in [0.15, 0.2) is 0 Å². The van der Waals surface area contributed by atoms with E-state index in [1.165, 1.54) is 11.8 Å². The van der Waals surface area contributed by atoms with E-state index in [0.29, 0.717) is 11.2 Å². The van der Waals surface area contributed by atoms with Crippen LogP contribution in [0, 0.1) is 0 Å². The summed E-state index contributed by atoms with van der Waals surface area (Å²) in [7, 11) is 0. The summed E-state index contributed by atoms with van der Waals surface area (Å²) in [6.07, 6.45) is 2.01. The molecule has 1 aliphatic rings. The average Bonchev–Trinajstić information content (AvgIpc) is 3.03. The van der Waals surface area contributed by atoms with Crippen LogP contribution in [-0.2, 0) is 9.59 Å². The maximum Gasteiger partial charge on any atom is 0.305 e. The molecule has 0 radical (unpaired) electrons. The minimum Gasteiger partial charge on any atom is -0.481 e. The number of aromatic nitrogens is 4. The highest BCUT2D eigenvalue weighted by atomic mass is 32.2. The Morgan fingerprint density at radius 2 is 2.20 bits per heavy atom. The van der Waals surface area contributed by atoms with Crippen LogP contribution in [0.1, 0.15) is 39.2 Å². The van der Waals surface area contributed by atoms with Crippen molar-refractivity contribution in [1.82, 2.24) is 25.5 Å². The molecule has 2 N–H and O–H groups in total. The second-order valence-corrected chi connectivity index (χ2v) is 6.37. The van der Waals surface area contributed by atoms with Crippen molar-refractivity contribution in [2.75, 3.05) is 5.75 Å². The van der Waals surface area contributed by atoms with Gasteiger partial charge in [0.2, 0.25) is 11.1 Å². The fourth-order valence-electron chi connectivity index (χ4n) is 1.79. The molecule has 0 unspecified atom stereocenters. The molecule has 9 heteroatoms. The number of nitrogens with zero attached hydrogens (tertiary/aromatic N) is 4. The molecule has 1 heterocycles. The van der Waals surface area contributed by atoms with Gasteiger partial charge in [-0.2, -0.15) is 0 Å². The second-order valence-electron chi connectivity index (χ2n) is 5.43. The second kappa shape index (κ2) is 5.78. The molecule has 1 amide bonds. The lowest BCUT2D eigenvalue weighted by atomic mass is 10.0. The van der Waals surface area contributed by atoms with Crippen LogP contribution in [0.3, 0.4) is 0 Å². The number of aliphatic carboxylic acids is 1. The van der Waals surface area contributed by atoms with E-state index in [1.807, 2.05) is 0 Å². The highest BCUT2D eigenvalue weighted by Gasteiger charge is 2.28. The molecule has 110 valence electrons. The summed E-state index contributed by atoms with van der Waals surface area (Å²) in [6.45, 7) is 3.36. The summed E-state index contributed by atoms with van der Waals surface area (Å²) < 4.78 is 1.74. The minimum atomic E-state index is -0.944. The third-order valence-corrected chi connectivity index (χ3v) is 3.69. The van der Waals surface area contributed by atoms with Gasteiger partial charge in [0, 0.05) is 5.54 Å². The van der Waals surface area contributed by atoms with Crippen LogP contribution in [0.25, 0.3) is 0 Å². The monoisotopic (exact) mass is 299 g/mol. The summed E-state index contributed by atoms with van der Waals surface area (Å²) in [5.74, 6) is -1.01. The molecule has 0 aromatic carbocycles. The van der Waals surface area contributed by atoms with Crippen LogP contribution in [-0.4, -0.2) is 48.5 Å². The smallest absolute Gasteiger partial charge is 0.305 e. The molecule has 1 aromatic heterocycles. The van der Waals surface area contributed by atoms with E-state index in [4.69, 9.17) is 5.11 Å². The number of carbonyl (C=O) groups is 2. The first-order valence-electron chi connectivity index (χ1n) is 6.31. The largest absolute Gasteiger partial charge is 0.481 e. The van der Waals surface area contributed by atoms with Crippen LogP contribution >= 0.6 is 11.8 Å². The fourth-order valence-corrected chi connectivity index (χ4v) is 2.54. The van der Waals surface area contributed by atoms with Gasteiger partial charge in [0.05, 0.1) is 18.2 Å². The normalized spacial score (nSPS) is 15.1. The van der Waals surface area contributed by atoms with E-state index in [1.54, 1.807) is 18.5 Å². The van der Waals surface area contributed by atoms with Crippen LogP contribution in [0.2, 0.25) is 0 Å². The molecule has 1 fully saturated rings. The van der Waals surface area contributed by atoms with Crippen LogP contribution in [0.5, 0.6) is 0 Å². The van der Waals surface area contributed by atoms with Gasteiger partial charge in [-0.15, -0.1) is 5.10 Å². The van der Waals surface area contributed by atoms with Crippen LogP contribution in [0.4, 0.5) is 0 Å². The quantitative estimate of drug-likeness (QED) is 0.704. The van der Waals surface area contributed by atoms with Crippen molar-refractivity contribution >= 4 is 23.6 Å². The van der Waals surface area contributed by atoms with E-state index in [9.17, 15) is 9.59 Å². The molecule has 0 atom stereocenters. The van der Waals surface area contributed by atoms with Gasteiger partial charge in [0.1, 0.15) is 0 Å². The van der Waals surface area contributed by atoms with E-state index in [0.717, 1.165) is 12.8 Å². The molecule has 0 bridgehead atoms. The van der Waals surface area contributed by atoms with Crippen molar-refractivity contribution in [2.45, 2.75) is 49.8 Å². The number of thioether (sulfide) groups is 1. The SMILES string of the molecule is CC(C)(CC(=O)O)NC(=O)CSc1nnnn1C1CC1. The first kappa shape index (κ1) is 14.8. The van der Waals surface area contributed by atoms with E-state index in [2.05, 4.69) is 20.8 Å². The number of hydrogen-bond donors (Lipinski definition) is 2. The van der Waals surface area contributed by atoms with Crippen molar-refractivity contribution in [3.63, 3.8) is 0 Å². The molecule has 2 rings (SSSR count). The number of carboxylic acid groups (broad SMARTS) is 1. The van der Waals surface area contributed by atoms with Crippen molar-refractivity contribution in [3.8, 4) is 0 Å². The van der Waals surface area contributed by atoms with Gasteiger partial charge in [-0.3, -0.25) is 9.59 Å². The maximum absolute atomic E-state index is 11.8. The zero-order chi connectivity index (χ0) is 14.8. The fraction of sp³-hybridized carbons (Fsp3) is 0.727. The van der Waals surface area contributed by atoms with Crippen molar-refractivity contribution in [3.05, 3.63) is 0 Å². The molecular formula is C11H17N5O3S. The lowest BCUT2D eigenvalue weighted by Gasteiger charge is -2.24. The Morgan fingerprint density at radius 3 is 2.80 bits per heavy atom. The molecule has 20 heavy (non-hydrogen) atoms. The first-order valence-corrected chi connectivity index (χ1v) is 7.29. The van der Waals surface area contributed by atoms with Crippen molar-refractivity contribution < 1.29 is 14.7 Å². The van der Waals surface area contributed by atoms with Crippen LogP contribution in [0.15, 0.2) is 5.16 Å². The Bertz CT molecular complexity index is 512. The first-order chi connectivity index (χ1) is 9.37. The van der Waals surface area contributed by atoms with Gasteiger partial charge < -0.3 is 10.4 Å². The number of tetrazole rings is 1. The third kappa shape index (κ3) is 4.19. The van der Waals surface area contributed by atoms with E-state index in [-0.39, 0.29) is 18.1 Å². The highest BCUT2D eigenvalue weighted by Crippen LogP contribution is 2.36. The number of nitrogens with one attached hydrogen (secondary N) is 1. The predicted molar refractivity (Wildman–Crippen MR) is 71.3 cm³/mol. The van der Waals surface area contributed by atoms with Crippen molar-refractivity contribution in [2.24, 2.45) is 0 Å². The zero-order valence-corrected chi connectivity index (χ0v) is 12.2. The molecule has 0 saturated heterocycles. The number of amides is 1. The third-order valence-electron chi connectivity index (χ3n) is 2.76. The van der Waals surface area contributed by atoms with Gasteiger partial charge in [-0.1, -0.05) is 11.8 Å². The lowest BCUT2D eigenvalue weighted by molar-refractivity contribution is -0.138. The molecular weight excluding hydrogens is 282 g/mol. The number of hydrogen-bond acceptors (Lipinski definition) is 6. The predicted octanol–water partition coefficient (Wildman–Crippen LogP) is 0.470. The molecule has 1 aliphatic carbocycles. The topological polar surface area (TPSA) is 110 Å². The highest BCUT2D eigenvalue weighted by molar-refractivity contribution is 7.99. The molecule has 8 nitrogen and oxygen atoms in total. The average molecular weight is 299 g/mol. The Hall–Kier alpha value is -1.64. The van der Waals surface area contributed by atoms with Gasteiger partial charge in [-0.05, 0) is 37.1 Å². The molecule has 1 aromatic rings. The van der Waals surface area contributed by atoms with E-state index < -0.39 is 11.5 Å². The van der Waals surface area contributed by atoms with Crippen LogP contribution < -0.4 is 5.32 Å². The van der Waals surface area contributed by atoms with Gasteiger partial charge in [-0.25, -0.2) is 4.68 Å². The summed E-state index contributed by atoms with van der Waals surface area (Å²) in [6, 6.07) is 0.360. The van der Waals surface area contributed by atoms with E-state index >= 15 is 0 Å². The Kier molecular flexibility index (Phi) is 4.26. The number of carboxylic acids is 1. The summed E-state index contributed by atoms with van der Waals surface area (Å²) in [5.41, 5.74) is -0.772. The number of rotatable bonds is 7.